The molecule has 0 radical (unpaired) electrons. The number of carbonyl (C=O) groups is 2. The van der Waals surface area contributed by atoms with Crippen LogP contribution in [0.4, 0.5) is 0 Å². The normalized spacial score (nSPS) is 15.1. The molecule has 0 aliphatic heterocycles. The van der Waals surface area contributed by atoms with Crippen LogP contribution in [0.2, 0.25) is 0 Å². The van der Waals surface area contributed by atoms with Crippen LogP contribution >= 0.6 is 11.8 Å². The molecule has 1 heterocycles. The van der Waals surface area contributed by atoms with Crippen LogP contribution in [0.15, 0.2) is 48.8 Å². The summed E-state index contributed by atoms with van der Waals surface area (Å²) in [5.74, 6) is 2.66. The SMILES string of the molecule is COc1ccc(CNC(=O)[C@H](CSCC2CCCCC2)NC(=O)c2ccncc2)cc1. The number of ether oxygens (including phenoxy) is 1. The van der Waals surface area contributed by atoms with E-state index in [4.69, 9.17) is 4.74 Å². The Morgan fingerprint density at radius 3 is 2.48 bits per heavy atom. The number of thioether (sulfide) groups is 1. The Bertz CT molecular complexity index is 824. The minimum Gasteiger partial charge on any atom is -0.497 e. The minimum atomic E-state index is -0.590. The van der Waals surface area contributed by atoms with E-state index in [9.17, 15) is 9.59 Å². The average molecular weight is 442 g/mol. The Kier molecular flexibility index (Phi) is 9.21. The van der Waals surface area contributed by atoms with Gasteiger partial charge in [-0.1, -0.05) is 31.4 Å². The van der Waals surface area contributed by atoms with Gasteiger partial charge in [0.15, 0.2) is 0 Å². The summed E-state index contributed by atoms with van der Waals surface area (Å²) >= 11 is 1.76. The Morgan fingerprint density at radius 1 is 1.10 bits per heavy atom. The summed E-state index contributed by atoms with van der Waals surface area (Å²) in [4.78, 5) is 29.5. The quantitative estimate of drug-likeness (QED) is 0.586. The molecule has 2 N–H and O–H groups in total. The van der Waals surface area contributed by atoms with Crippen molar-refractivity contribution in [3.05, 3.63) is 59.9 Å². The van der Waals surface area contributed by atoms with Gasteiger partial charge in [-0.2, -0.15) is 11.8 Å². The number of methoxy groups -OCH3 is 1. The van der Waals surface area contributed by atoms with Crippen LogP contribution < -0.4 is 15.4 Å². The molecule has 1 aliphatic rings. The molecule has 1 fully saturated rings. The highest BCUT2D eigenvalue weighted by Gasteiger charge is 2.22. The Hall–Kier alpha value is -2.54. The maximum Gasteiger partial charge on any atom is 0.252 e. The Morgan fingerprint density at radius 2 is 1.81 bits per heavy atom. The summed E-state index contributed by atoms with van der Waals surface area (Å²) < 4.78 is 5.17. The van der Waals surface area contributed by atoms with Crippen LogP contribution in [0.5, 0.6) is 5.75 Å². The Labute approximate surface area is 188 Å². The Balaban J connectivity index is 1.57. The van der Waals surface area contributed by atoms with Gasteiger partial charge in [0.05, 0.1) is 7.11 Å². The zero-order valence-corrected chi connectivity index (χ0v) is 18.8. The van der Waals surface area contributed by atoms with Gasteiger partial charge in [0, 0.05) is 30.3 Å². The predicted molar refractivity (Wildman–Crippen MR) is 124 cm³/mol. The van der Waals surface area contributed by atoms with Crippen LogP contribution in [0, 0.1) is 5.92 Å². The average Bonchev–Trinajstić information content (AvgIpc) is 2.83. The number of pyridine rings is 1. The lowest BCUT2D eigenvalue weighted by Gasteiger charge is -2.23. The van der Waals surface area contributed by atoms with Crippen molar-refractivity contribution in [3.63, 3.8) is 0 Å². The summed E-state index contributed by atoms with van der Waals surface area (Å²) in [6.45, 7) is 0.401. The number of carbonyl (C=O) groups excluding carboxylic acids is 2. The van der Waals surface area contributed by atoms with Crippen molar-refractivity contribution in [2.45, 2.75) is 44.7 Å². The van der Waals surface area contributed by atoms with E-state index in [2.05, 4.69) is 15.6 Å². The van der Waals surface area contributed by atoms with Crippen molar-refractivity contribution in [2.24, 2.45) is 5.92 Å². The molecular formula is C24H31N3O3S. The molecule has 0 spiro atoms. The molecule has 6 nitrogen and oxygen atoms in total. The van der Waals surface area contributed by atoms with Gasteiger partial charge < -0.3 is 15.4 Å². The number of benzene rings is 1. The largest absolute Gasteiger partial charge is 0.497 e. The number of rotatable bonds is 10. The van der Waals surface area contributed by atoms with E-state index in [1.54, 1.807) is 43.4 Å². The standard InChI is InChI=1S/C24H31N3O3S/c1-30-21-9-7-18(8-10-21)15-26-24(29)22(17-31-16-19-5-3-2-4-6-19)27-23(28)20-11-13-25-14-12-20/h7-14,19,22H,2-6,15-17H2,1H3,(H,26,29)(H,27,28)/t22-/m0/s1. The lowest BCUT2D eigenvalue weighted by Crippen LogP contribution is -2.48. The highest BCUT2D eigenvalue weighted by molar-refractivity contribution is 7.99. The number of hydrogen-bond acceptors (Lipinski definition) is 5. The first-order chi connectivity index (χ1) is 15.2. The molecule has 1 atom stereocenters. The van der Waals surface area contributed by atoms with E-state index in [1.807, 2.05) is 24.3 Å². The van der Waals surface area contributed by atoms with Crippen molar-refractivity contribution in [1.29, 1.82) is 0 Å². The van der Waals surface area contributed by atoms with Crippen molar-refractivity contribution < 1.29 is 14.3 Å². The van der Waals surface area contributed by atoms with Crippen LogP contribution in [0.25, 0.3) is 0 Å². The molecule has 0 bridgehead atoms. The second kappa shape index (κ2) is 12.3. The molecule has 2 amide bonds. The highest BCUT2D eigenvalue weighted by atomic mass is 32.2. The van der Waals surface area contributed by atoms with E-state index in [0.717, 1.165) is 23.0 Å². The molecular weight excluding hydrogens is 410 g/mol. The van der Waals surface area contributed by atoms with Gasteiger partial charge in [-0.25, -0.2) is 0 Å². The minimum absolute atomic E-state index is 0.172. The maximum atomic E-state index is 12.9. The lowest BCUT2D eigenvalue weighted by atomic mass is 9.91. The molecule has 1 aromatic heterocycles. The van der Waals surface area contributed by atoms with Gasteiger partial charge in [0.2, 0.25) is 5.91 Å². The molecule has 166 valence electrons. The second-order valence-corrected chi connectivity index (χ2v) is 8.94. The highest BCUT2D eigenvalue weighted by Crippen LogP contribution is 2.27. The molecule has 31 heavy (non-hydrogen) atoms. The van der Waals surface area contributed by atoms with Gasteiger partial charge >= 0.3 is 0 Å². The summed E-state index contributed by atoms with van der Waals surface area (Å²) in [5.41, 5.74) is 1.48. The van der Waals surface area contributed by atoms with Crippen LogP contribution in [0.3, 0.4) is 0 Å². The number of amides is 2. The summed E-state index contributed by atoms with van der Waals surface area (Å²) in [6, 6.07) is 10.3. The predicted octanol–water partition coefficient (Wildman–Crippen LogP) is 3.82. The van der Waals surface area contributed by atoms with Gasteiger partial charge in [-0.3, -0.25) is 14.6 Å². The second-order valence-electron chi connectivity index (χ2n) is 7.87. The smallest absolute Gasteiger partial charge is 0.252 e. The summed E-state index contributed by atoms with van der Waals surface area (Å²) in [6.07, 6.45) is 9.62. The molecule has 2 aromatic rings. The topological polar surface area (TPSA) is 80.3 Å². The van der Waals surface area contributed by atoms with Gasteiger partial charge in [0.1, 0.15) is 11.8 Å². The monoisotopic (exact) mass is 441 g/mol. The third-order valence-corrected chi connectivity index (χ3v) is 6.83. The van der Waals surface area contributed by atoms with Crippen molar-refractivity contribution >= 4 is 23.6 Å². The van der Waals surface area contributed by atoms with E-state index >= 15 is 0 Å². The fourth-order valence-electron chi connectivity index (χ4n) is 3.69. The maximum absolute atomic E-state index is 12.9. The van der Waals surface area contributed by atoms with E-state index < -0.39 is 6.04 Å². The molecule has 1 aliphatic carbocycles. The first-order valence-corrected chi connectivity index (χ1v) is 12.0. The van der Waals surface area contributed by atoms with Crippen molar-refractivity contribution in [3.8, 4) is 5.75 Å². The summed E-state index contributed by atoms with van der Waals surface area (Å²) in [5, 5.41) is 5.87. The van der Waals surface area contributed by atoms with Crippen molar-refractivity contribution in [2.75, 3.05) is 18.6 Å². The first kappa shape index (κ1) is 23.1. The number of hydrogen-bond donors (Lipinski definition) is 2. The van der Waals surface area contributed by atoms with E-state index in [1.165, 1.54) is 32.1 Å². The first-order valence-electron chi connectivity index (χ1n) is 10.8. The number of aromatic nitrogens is 1. The third-order valence-electron chi connectivity index (χ3n) is 5.55. The molecule has 1 saturated carbocycles. The van der Waals surface area contributed by atoms with E-state index in [-0.39, 0.29) is 11.8 Å². The number of nitrogens with zero attached hydrogens (tertiary/aromatic N) is 1. The van der Waals surface area contributed by atoms with Crippen LogP contribution in [-0.4, -0.2) is 41.5 Å². The van der Waals surface area contributed by atoms with Gasteiger partial charge in [-0.15, -0.1) is 0 Å². The zero-order chi connectivity index (χ0) is 21.9. The number of nitrogens with one attached hydrogen (secondary N) is 2. The van der Waals surface area contributed by atoms with Crippen molar-refractivity contribution in [1.82, 2.24) is 15.6 Å². The van der Waals surface area contributed by atoms with E-state index in [0.29, 0.717) is 17.9 Å². The summed E-state index contributed by atoms with van der Waals surface area (Å²) in [7, 11) is 1.62. The van der Waals surface area contributed by atoms with Crippen LogP contribution in [-0.2, 0) is 11.3 Å². The zero-order valence-electron chi connectivity index (χ0n) is 18.0. The fraction of sp³-hybridized carbons (Fsp3) is 0.458. The lowest BCUT2D eigenvalue weighted by molar-refractivity contribution is -0.122. The van der Waals surface area contributed by atoms with Crippen LogP contribution in [0.1, 0.15) is 48.0 Å². The molecule has 1 aromatic carbocycles. The molecule has 0 unspecified atom stereocenters. The third kappa shape index (κ3) is 7.58. The van der Waals surface area contributed by atoms with Gasteiger partial charge in [0.25, 0.3) is 5.91 Å². The fourth-order valence-corrected chi connectivity index (χ4v) is 4.96. The van der Waals surface area contributed by atoms with Gasteiger partial charge in [-0.05, 0) is 54.3 Å². The molecule has 0 saturated heterocycles. The molecule has 3 rings (SSSR count). The molecule has 7 heteroatoms.